The molecule has 0 aromatic heterocycles. The Morgan fingerprint density at radius 1 is 1.14 bits per heavy atom. The maximum atomic E-state index is 13.5. The van der Waals surface area contributed by atoms with E-state index >= 15 is 0 Å². The molecule has 1 aliphatic rings. The van der Waals surface area contributed by atoms with Crippen LogP contribution in [-0.4, -0.2) is 45.0 Å². The minimum absolute atomic E-state index is 0.0114. The standard InChI is InChI=1S/C26H31Cl2N3O3S/c1-25(2,3)15-21-26(16-29,18-8-10-19(27)11-9-18)22(17-6-5-7-20(28)14-17)23(31-21)24(32)30-12-13-35(4,33)34/h5-11,14,21-23,31H,12-13,15H2,1-4H3,(H,30,32)/t21-,22-,23+,26-/m0/s1. The van der Waals surface area contributed by atoms with Crippen molar-refractivity contribution in [2.24, 2.45) is 5.41 Å². The van der Waals surface area contributed by atoms with Crippen LogP contribution in [0.3, 0.4) is 0 Å². The van der Waals surface area contributed by atoms with Crippen LogP contribution in [0.5, 0.6) is 0 Å². The lowest BCUT2D eigenvalue weighted by atomic mass is 9.63. The predicted molar refractivity (Wildman–Crippen MR) is 140 cm³/mol. The Morgan fingerprint density at radius 3 is 2.34 bits per heavy atom. The summed E-state index contributed by atoms with van der Waals surface area (Å²) in [5.74, 6) is -1.11. The monoisotopic (exact) mass is 535 g/mol. The molecule has 188 valence electrons. The van der Waals surface area contributed by atoms with E-state index < -0.39 is 27.2 Å². The molecule has 6 nitrogen and oxygen atoms in total. The number of nitriles is 1. The zero-order chi connectivity index (χ0) is 26.0. The average Bonchev–Trinajstić information content (AvgIpc) is 3.06. The smallest absolute Gasteiger partial charge is 0.237 e. The van der Waals surface area contributed by atoms with Crippen molar-refractivity contribution in [2.45, 2.75) is 50.6 Å². The van der Waals surface area contributed by atoms with E-state index in [4.69, 9.17) is 23.2 Å². The van der Waals surface area contributed by atoms with Crippen LogP contribution in [0.2, 0.25) is 10.0 Å². The second-order valence-electron chi connectivity index (χ2n) is 10.4. The molecule has 1 aliphatic heterocycles. The van der Waals surface area contributed by atoms with Crippen molar-refractivity contribution >= 4 is 38.9 Å². The summed E-state index contributed by atoms with van der Waals surface area (Å²) in [5, 5.41) is 18.1. The Hall–Kier alpha value is -2.11. The van der Waals surface area contributed by atoms with Gasteiger partial charge in [0.15, 0.2) is 0 Å². The van der Waals surface area contributed by atoms with Gasteiger partial charge in [-0.15, -0.1) is 0 Å². The topological polar surface area (TPSA) is 99.1 Å². The van der Waals surface area contributed by atoms with Gasteiger partial charge in [0.25, 0.3) is 0 Å². The van der Waals surface area contributed by atoms with Crippen molar-refractivity contribution in [3.05, 3.63) is 69.7 Å². The Bertz CT molecular complexity index is 1220. The van der Waals surface area contributed by atoms with Gasteiger partial charge in [0.2, 0.25) is 5.91 Å². The van der Waals surface area contributed by atoms with Crippen molar-refractivity contribution < 1.29 is 13.2 Å². The Kier molecular flexibility index (Phi) is 8.23. The SMILES string of the molecule is CC(C)(C)C[C@@H]1N[C@@H](C(=O)NCCS(C)(=O)=O)[C@H](c2cccc(Cl)c2)[C@@]1(C#N)c1ccc(Cl)cc1. The number of nitrogens with one attached hydrogen (secondary N) is 2. The van der Waals surface area contributed by atoms with E-state index in [1.807, 2.05) is 18.2 Å². The number of hydrogen-bond donors (Lipinski definition) is 2. The summed E-state index contributed by atoms with van der Waals surface area (Å²) in [4.78, 5) is 13.5. The van der Waals surface area contributed by atoms with Crippen molar-refractivity contribution in [2.75, 3.05) is 18.6 Å². The van der Waals surface area contributed by atoms with Crippen LogP contribution in [0.4, 0.5) is 0 Å². The van der Waals surface area contributed by atoms with Gasteiger partial charge in [0.1, 0.15) is 15.3 Å². The molecule has 1 saturated heterocycles. The van der Waals surface area contributed by atoms with Crippen LogP contribution in [0.15, 0.2) is 48.5 Å². The number of sulfone groups is 1. The summed E-state index contributed by atoms with van der Waals surface area (Å²) in [7, 11) is -3.24. The number of rotatable bonds is 7. The molecule has 4 atom stereocenters. The fraction of sp³-hybridized carbons (Fsp3) is 0.462. The van der Waals surface area contributed by atoms with Gasteiger partial charge >= 0.3 is 0 Å². The molecule has 35 heavy (non-hydrogen) atoms. The first kappa shape index (κ1) is 27.5. The van der Waals surface area contributed by atoms with Gasteiger partial charge in [-0.25, -0.2) is 8.42 Å². The number of halogens is 2. The molecular formula is C26H31Cl2N3O3S. The maximum absolute atomic E-state index is 13.5. The molecule has 2 aromatic carbocycles. The highest BCUT2D eigenvalue weighted by molar-refractivity contribution is 7.90. The first-order valence-electron chi connectivity index (χ1n) is 11.4. The molecule has 0 unspecified atom stereocenters. The molecule has 0 aliphatic carbocycles. The first-order chi connectivity index (χ1) is 16.3. The Balaban J connectivity index is 2.17. The summed E-state index contributed by atoms with van der Waals surface area (Å²) in [6.07, 6.45) is 1.75. The van der Waals surface area contributed by atoms with Crippen molar-refractivity contribution in [3.8, 4) is 6.07 Å². The van der Waals surface area contributed by atoms with Gasteiger partial charge in [-0.05, 0) is 47.2 Å². The van der Waals surface area contributed by atoms with Crippen molar-refractivity contribution in [1.29, 1.82) is 5.26 Å². The lowest BCUT2D eigenvalue weighted by Gasteiger charge is -2.37. The second-order valence-corrected chi connectivity index (χ2v) is 13.5. The number of benzene rings is 2. The molecule has 0 radical (unpaired) electrons. The molecule has 0 spiro atoms. The summed E-state index contributed by atoms with van der Waals surface area (Å²) in [6.45, 7) is 6.26. The van der Waals surface area contributed by atoms with Gasteiger partial charge in [-0.3, -0.25) is 4.79 Å². The number of carbonyl (C=O) groups is 1. The lowest BCUT2D eigenvalue weighted by molar-refractivity contribution is -0.123. The van der Waals surface area contributed by atoms with E-state index in [0.29, 0.717) is 16.5 Å². The summed E-state index contributed by atoms with van der Waals surface area (Å²) in [5.41, 5.74) is 0.248. The number of nitrogens with zero attached hydrogens (tertiary/aromatic N) is 1. The quantitative estimate of drug-likeness (QED) is 0.544. The zero-order valence-corrected chi connectivity index (χ0v) is 22.6. The van der Waals surface area contributed by atoms with E-state index in [2.05, 4.69) is 37.5 Å². The second kappa shape index (κ2) is 10.5. The van der Waals surface area contributed by atoms with E-state index in [0.717, 1.165) is 17.4 Å². The molecule has 2 N–H and O–H groups in total. The maximum Gasteiger partial charge on any atom is 0.237 e. The highest BCUT2D eigenvalue weighted by Crippen LogP contribution is 2.51. The van der Waals surface area contributed by atoms with Crippen LogP contribution in [0.25, 0.3) is 0 Å². The molecule has 9 heteroatoms. The van der Waals surface area contributed by atoms with Gasteiger partial charge in [-0.2, -0.15) is 5.26 Å². The predicted octanol–water partition coefficient (Wildman–Crippen LogP) is 4.48. The molecule has 1 fully saturated rings. The fourth-order valence-electron chi connectivity index (χ4n) is 4.93. The minimum atomic E-state index is -3.24. The highest BCUT2D eigenvalue weighted by Gasteiger charge is 2.59. The molecule has 2 aromatic rings. The molecular weight excluding hydrogens is 505 g/mol. The first-order valence-corrected chi connectivity index (χ1v) is 14.2. The Morgan fingerprint density at radius 2 is 1.80 bits per heavy atom. The largest absolute Gasteiger partial charge is 0.354 e. The zero-order valence-electron chi connectivity index (χ0n) is 20.3. The molecule has 1 heterocycles. The van der Waals surface area contributed by atoms with E-state index in [1.54, 1.807) is 30.3 Å². The third-order valence-electron chi connectivity index (χ3n) is 6.34. The van der Waals surface area contributed by atoms with Crippen LogP contribution in [0, 0.1) is 16.7 Å². The van der Waals surface area contributed by atoms with Crippen LogP contribution >= 0.6 is 23.2 Å². The normalized spacial score (nSPS) is 24.7. The van der Waals surface area contributed by atoms with E-state index in [9.17, 15) is 18.5 Å². The van der Waals surface area contributed by atoms with Crippen molar-refractivity contribution in [3.63, 3.8) is 0 Å². The van der Waals surface area contributed by atoms with Crippen LogP contribution in [0.1, 0.15) is 44.2 Å². The minimum Gasteiger partial charge on any atom is -0.354 e. The molecule has 0 bridgehead atoms. The molecule has 1 amide bonds. The lowest BCUT2D eigenvalue weighted by Crippen LogP contribution is -2.46. The van der Waals surface area contributed by atoms with Gasteiger partial charge in [-0.1, -0.05) is 68.2 Å². The summed E-state index contributed by atoms with van der Waals surface area (Å²) in [6, 6.07) is 15.8. The molecule has 3 rings (SSSR count). The molecule has 0 saturated carbocycles. The summed E-state index contributed by atoms with van der Waals surface area (Å²) >= 11 is 12.5. The highest BCUT2D eigenvalue weighted by atomic mass is 35.5. The fourth-order valence-corrected chi connectivity index (χ4v) is 5.72. The van der Waals surface area contributed by atoms with E-state index in [-0.39, 0.29) is 29.7 Å². The number of hydrogen-bond acceptors (Lipinski definition) is 5. The summed E-state index contributed by atoms with van der Waals surface area (Å²) < 4.78 is 23.2. The number of carbonyl (C=O) groups excluding carboxylic acids is 1. The van der Waals surface area contributed by atoms with E-state index in [1.165, 1.54) is 0 Å². The average molecular weight is 537 g/mol. The van der Waals surface area contributed by atoms with Gasteiger partial charge < -0.3 is 10.6 Å². The van der Waals surface area contributed by atoms with Crippen molar-refractivity contribution in [1.82, 2.24) is 10.6 Å². The van der Waals surface area contributed by atoms with Crippen LogP contribution < -0.4 is 10.6 Å². The third-order valence-corrected chi connectivity index (χ3v) is 7.77. The van der Waals surface area contributed by atoms with Gasteiger partial charge in [0.05, 0.1) is 17.9 Å². The number of amides is 1. The van der Waals surface area contributed by atoms with Crippen LogP contribution in [-0.2, 0) is 20.0 Å². The third kappa shape index (κ3) is 6.37. The van der Waals surface area contributed by atoms with Gasteiger partial charge in [0, 0.05) is 34.8 Å². The Labute approximate surface area is 217 Å².